The van der Waals surface area contributed by atoms with Gasteiger partial charge in [-0.1, -0.05) is 36.4 Å². The molecule has 6 rings (SSSR count). The van der Waals surface area contributed by atoms with E-state index in [1.165, 1.54) is 20.3 Å². The van der Waals surface area contributed by atoms with Gasteiger partial charge in [0.2, 0.25) is 5.78 Å². The quantitative estimate of drug-likeness (QED) is 0.178. The Bertz CT molecular complexity index is 2040. The maximum Gasteiger partial charge on any atom is 0.336 e. The van der Waals surface area contributed by atoms with Crippen LogP contribution in [0.4, 0.5) is 0 Å². The van der Waals surface area contributed by atoms with Crippen molar-refractivity contribution in [2.75, 3.05) is 27.9 Å². The summed E-state index contributed by atoms with van der Waals surface area (Å²) in [4.78, 5) is 58.2. The molecule has 1 N–H and O–H groups in total. The molecular weight excluding hydrogens is 666 g/mol. The van der Waals surface area contributed by atoms with Crippen LogP contribution in [0.5, 0.6) is 17.2 Å². The molecule has 0 spiro atoms. The van der Waals surface area contributed by atoms with Crippen LogP contribution in [0.25, 0.3) is 6.08 Å². The highest BCUT2D eigenvalue weighted by Crippen LogP contribution is 2.55. The van der Waals surface area contributed by atoms with E-state index in [0.29, 0.717) is 22.3 Å². The molecule has 4 aliphatic rings. The van der Waals surface area contributed by atoms with Crippen molar-refractivity contribution >= 4 is 29.6 Å². The molecule has 12 heteroatoms. The average molecular weight is 708 g/mol. The van der Waals surface area contributed by atoms with Crippen LogP contribution in [0.1, 0.15) is 55.5 Å². The first-order chi connectivity index (χ1) is 24.9. The Morgan fingerprint density at radius 1 is 1.04 bits per heavy atom. The molecule has 52 heavy (non-hydrogen) atoms. The maximum absolute atomic E-state index is 14.1. The van der Waals surface area contributed by atoms with E-state index in [1.54, 1.807) is 39.8 Å². The number of benzene rings is 2. The van der Waals surface area contributed by atoms with Gasteiger partial charge in [0.15, 0.2) is 23.0 Å². The number of rotatable bonds is 8. The van der Waals surface area contributed by atoms with E-state index >= 15 is 0 Å². The Hall–Kier alpha value is -5.51. The molecule has 0 unspecified atom stereocenters. The number of fused-ring (bicyclic) bond motifs is 6. The Kier molecular flexibility index (Phi) is 9.94. The molecule has 5 atom stereocenters. The van der Waals surface area contributed by atoms with Crippen molar-refractivity contribution in [3.05, 3.63) is 92.8 Å². The van der Waals surface area contributed by atoms with E-state index < -0.39 is 47.9 Å². The predicted molar refractivity (Wildman–Crippen MR) is 189 cm³/mol. The highest BCUT2D eigenvalue weighted by atomic mass is 16.5. The number of piperazine rings is 1. The minimum atomic E-state index is -0.951. The molecule has 2 aromatic rings. The molecule has 1 fully saturated rings. The Morgan fingerprint density at radius 2 is 1.75 bits per heavy atom. The summed E-state index contributed by atoms with van der Waals surface area (Å²) in [7, 11) is 4.55. The second kappa shape index (κ2) is 14.3. The highest BCUT2D eigenvalue weighted by Gasteiger charge is 2.59. The van der Waals surface area contributed by atoms with Crippen LogP contribution in [-0.2, 0) is 35.1 Å². The molecule has 1 aliphatic carbocycles. The largest absolute Gasteiger partial charge is 0.504 e. The third-order valence-electron chi connectivity index (χ3n) is 10.8. The first-order valence-corrected chi connectivity index (χ1v) is 17.0. The summed E-state index contributed by atoms with van der Waals surface area (Å²) in [5, 5.41) is 22.7. The van der Waals surface area contributed by atoms with E-state index in [4.69, 9.17) is 18.9 Å². The fraction of sp³-hybridized carbons (Fsp3) is 0.375. The van der Waals surface area contributed by atoms with Gasteiger partial charge in [0.25, 0.3) is 0 Å². The number of allylic oxidation sites excluding steroid dienone is 3. The number of methoxy groups -OCH3 is 2. The third kappa shape index (κ3) is 5.80. The summed E-state index contributed by atoms with van der Waals surface area (Å²) in [6, 6.07) is 7.89. The number of ether oxygens (including phenoxy) is 4. The van der Waals surface area contributed by atoms with E-state index in [2.05, 4.69) is 6.07 Å². The average Bonchev–Trinajstić information content (AvgIpc) is 3.14. The molecular formula is C40H41N3O9. The zero-order valence-electron chi connectivity index (χ0n) is 30.2. The number of esters is 2. The van der Waals surface area contributed by atoms with Crippen LogP contribution in [-0.4, -0.2) is 90.5 Å². The third-order valence-corrected chi connectivity index (χ3v) is 10.8. The van der Waals surface area contributed by atoms with Crippen molar-refractivity contribution in [1.82, 2.24) is 9.80 Å². The molecule has 12 nitrogen and oxygen atoms in total. The van der Waals surface area contributed by atoms with Gasteiger partial charge < -0.3 is 24.1 Å². The first kappa shape index (κ1) is 36.3. The minimum Gasteiger partial charge on any atom is -0.504 e. The van der Waals surface area contributed by atoms with Crippen LogP contribution in [0.15, 0.2) is 70.5 Å². The Labute approximate surface area is 302 Å². The molecule has 2 bridgehead atoms. The van der Waals surface area contributed by atoms with Crippen molar-refractivity contribution in [2.24, 2.45) is 0 Å². The first-order valence-electron chi connectivity index (χ1n) is 17.0. The number of carbonyl (C=O) groups excluding carboxylic acids is 4. The summed E-state index contributed by atoms with van der Waals surface area (Å²) in [5.41, 5.74) is 3.03. The van der Waals surface area contributed by atoms with E-state index in [0.717, 1.165) is 5.56 Å². The molecule has 0 amide bonds. The second-order valence-electron chi connectivity index (χ2n) is 13.4. The lowest BCUT2D eigenvalue weighted by Gasteiger charge is -2.60. The normalized spacial score (nSPS) is 24.6. The zero-order valence-corrected chi connectivity index (χ0v) is 30.2. The number of ketones is 2. The molecule has 270 valence electrons. The monoisotopic (exact) mass is 707 g/mol. The number of aromatic hydroxyl groups is 1. The van der Waals surface area contributed by atoms with Crippen molar-refractivity contribution in [3.8, 4) is 23.3 Å². The Balaban J connectivity index is 1.55. The van der Waals surface area contributed by atoms with E-state index in [1.807, 2.05) is 47.2 Å². The minimum absolute atomic E-state index is 0.0360. The maximum atomic E-state index is 14.1. The van der Waals surface area contributed by atoms with Gasteiger partial charge in [-0.3, -0.25) is 19.4 Å². The number of phenols is 1. The van der Waals surface area contributed by atoms with Crippen LogP contribution in [0.2, 0.25) is 0 Å². The molecule has 0 aromatic heterocycles. The van der Waals surface area contributed by atoms with Gasteiger partial charge in [-0.25, -0.2) is 9.59 Å². The molecule has 1 saturated heterocycles. The van der Waals surface area contributed by atoms with Gasteiger partial charge in [0.1, 0.15) is 18.4 Å². The summed E-state index contributed by atoms with van der Waals surface area (Å²) < 4.78 is 23.0. The molecule has 2 aromatic carbocycles. The summed E-state index contributed by atoms with van der Waals surface area (Å²) in [6.07, 6.45) is 4.74. The van der Waals surface area contributed by atoms with Gasteiger partial charge in [-0.2, -0.15) is 5.26 Å². The van der Waals surface area contributed by atoms with E-state index in [-0.39, 0.29) is 64.9 Å². The number of carbonyl (C=O) groups is 4. The van der Waals surface area contributed by atoms with Crippen molar-refractivity contribution in [1.29, 1.82) is 5.26 Å². The number of phenolic OH excluding ortho intramolecular Hbond substituents is 1. The number of Topliss-reactive ketones (excluding diaryl/α,β-unsaturated/α-hetero) is 2. The number of nitrogens with zero attached hydrogens (tertiary/aromatic N) is 3. The summed E-state index contributed by atoms with van der Waals surface area (Å²) in [6.45, 7) is 6.25. The van der Waals surface area contributed by atoms with Gasteiger partial charge in [0, 0.05) is 57.1 Å². The lowest BCUT2D eigenvalue weighted by Crippen LogP contribution is -2.72. The fourth-order valence-corrected chi connectivity index (χ4v) is 8.19. The standard InChI is InChI=1S/C40H41N3O9/c1-8-20(2)40(48)51-19-29-31-25(37(22(4)39(50-7)35(31)46)52-30(44)15-14-23-12-10-9-11-13-23)17-27-33-32-24(34(45)21(3)38(49-6)36(32)47)16-26(42(33)5)28(18-41)43(27)29/h8-15,26-29,33,46H,16-17,19H2,1-7H3/b15-14+,20-8-/t26-,27+,28+,29+,33+/m1/s1. The van der Waals surface area contributed by atoms with Crippen molar-refractivity contribution < 1.29 is 43.2 Å². The lowest BCUT2D eigenvalue weighted by atomic mass is 9.69. The smallest absolute Gasteiger partial charge is 0.336 e. The Morgan fingerprint density at radius 3 is 2.38 bits per heavy atom. The van der Waals surface area contributed by atoms with Crippen LogP contribution >= 0.6 is 0 Å². The molecule has 0 saturated carbocycles. The number of hydrogen-bond donors (Lipinski definition) is 1. The van der Waals surface area contributed by atoms with Crippen LogP contribution in [0.3, 0.4) is 0 Å². The van der Waals surface area contributed by atoms with Gasteiger partial charge in [-0.15, -0.1) is 0 Å². The number of likely N-dealkylation sites (N-methyl/N-ethyl adjacent to an activating group) is 1. The SMILES string of the molecule is C/C=C(/C)C(=O)OC[C@H]1c2c(O)c(OC)c(C)c(OC(=O)/C=C/c3ccccc3)c2C[C@H]2[C@H]3C4=C(C[C@H]([C@H](C#N)N12)N3C)C(=O)C(C)=C(OC)C4=O. The van der Waals surface area contributed by atoms with Crippen LogP contribution < -0.4 is 9.47 Å². The number of nitriles is 1. The molecule has 0 radical (unpaired) electrons. The van der Waals surface area contributed by atoms with Crippen LogP contribution in [0, 0.1) is 18.3 Å². The van der Waals surface area contributed by atoms with Crippen molar-refractivity contribution in [3.63, 3.8) is 0 Å². The summed E-state index contributed by atoms with van der Waals surface area (Å²) >= 11 is 0. The van der Waals surface area contributed by atoms with Gasteiger partial charge in [0.05, 0.1) is 32.4 Å². The zero-order chi connectivity index (χ0) is 37.6. The highest BCUT2D eigenvalue weighted by molar-refractivity contribution is 6.25. The molecule has 3 aliphatic heterocycles. The van der Waals surface area contributed by atoms with E-state index in [9.17, 15) is 29.5 Å². The fourth-order valence-electron chi connectivity index (χ4n) is 8.19. The summed E-state index contributed by atoms with van der Waals surface area (Å²) in [5.74, 6) is -2.09. The molecule has 3 heterocycles. The van der Waals surface area contributed by atoms with Gasteiger partial charge in [-0.05, 0) is 59.2 Å². The lowest BCUT2D eigenvalue weighted by molar-refractivity contribution is -0.144. The van der Waals surface area contributed by atoms with Crippen molar-refractivity contribution in [2.45, 2.75) is 70.7 Å². The second-order valence-corrected chi connectivity index (χ2v) is 13.4. The van der Waals surface area contributed by atoms with Gasteiger partial charge >= 0.3 is 11.9 Å². The number of hydrogen-bond acceptors (Lipinski definition) is 12. The predicted octanol–water partition coefficient (Wildman–Crippen LogP) is 4.45. The topological polar surface area (TPSA) is 156 Å².